The topological polar surface area (TPSA) is 42.0 Å². The number of benzene rings is 1. The standard InChI is InChI=1S/C16H24N2O3/c1-4-5-17-6-8-18(9-7-17)16(19)13-10-14(20-2)12-15(11-13)21-3/h10-12H,4-9H2,1-3H3. The van der Waals surface area contributed by atoms with Crippen molar-refractivity contribution < 1.29 is 14.3 Å². The fraction of sp³-hybridized carbons (Fsp3) is 0.562. The Morgan fingerprint density at radius 1 is 1.05 bits per heavy atom. The van der Waals surface area contributed by atoms with Gasteiger partial charge < -0.3 is 14.4 Å². The SMILES string of the molecule is CCCN1CCN(C(=O)c2cc(OC)cc(OC)c2)CC1. The van der Waals surface area contributed by atoms with Gasteiger partial charge in [0.05, 0.1) is 14.2 Å². The summed E-state index contributed by atoms with van der Waals surface area (Å²) >= 11 is 0. The highest BCUT2D eigenvalue weighted by molar-refractivity contribution is 5.95. The normalized spacial score (nSPS) is 15.9. The van der Waals surface area contributed by atoms with E-state index in [4.69, 9.17) is 9.47 Å². The molecular formula is C16H24N2O3. The molecule has 0 unspecified atom stereocenters. The minimum atomic E-state index is 0.0448. The Labute approximate surface area is 126 Å². The van der Waals surface area contributed by atoms with E-state index in [0.29, 0.717) is 17.1 Å². The number of carbonyl (C=O) groups is 1. The predicted molar refractivity (Wildman–Crippen MR) is 82.2 cm³/mol. The maximum atomic E-state index is 12.6. The van der Waals surface area contributed by atoms with E-state index in [1.165, 1.54) is 0 Å². The number of rotatable bonds is 5. The lowest BCUT2D eigenvalue weighted by molar-refractivity contribution is 0.0637. The van der Waals surface area contributed by atoms with Gasteiger partial charge in [0.2, 0.25) is 0 Å². The number of hydrogen-bond acceptors (Lipinski definition) is 4. The van der Waals surface area contributed by atoms with Crippen LogP contribution in [0.15, 0.2) is 18.2 Å². The molecule has 116 valence electrons. The van der Waals surface area contributed by atoms with Crippen LogP contribution in [0, 0.1) is 0 Å². The molecule has 0 radical (unpaired) electrons. The predicted octanol–water partition coefficient (Wildman–Crippen LogP) is 1.87. The van der Waals surface area contributed by atoms with Crippen molar-refractivity contribution in [1.82, 2.24) is 9.80 Å². The number of piperazine rings is 1. The Kier molecular flexibility index (Phi) is 5.44. The Morgan fingerprint density at radius 2 is 1.62 bits per heavy atom. The third-order valence-corrected chi connectivity index (χ3v) is 3.80. The highest BCUT2D eigenvalue weighted by Gasteiger charge is 2.22. The molecule has 1 aromatic carbocycles. The highest BCUT2D eigenvalue weighted by Crippen LogP contribution is 2.23. The van der Waals surface area contributed by atoms with Crippen LogP contribution in [0.2, 0.25) is 0 Å². The molecule has 0 aromatic heterocycles. The van der Waals surface area contributed by atoms with Crippen molar-refractivity contribution >= 4 is 5.91 Å². The molecule has 0 saturated carbocycles. The molecule has 1 saturated heterocycles. The van der Waals surface area contributed by atoms with E-state index >= 15 is 0 Å². The summed E-state index contributed by atoms with van der Waals surface area (Å²) in [5.74, 6) is 1.33. The van der Waals surface area contributed by atoms with Gasteiger partial charge in [-0.3, -0.25) is 9.69 Å². The fourth-order valence-electron chi connectivity index (χ4n) is 2.60. The van der Waals surface area contributed by atoms with Gasteiger partial charge in [-0.05, 0) is 25.1 Å². The first-order valence-electron chi connectivity index (χ1n) is 7.42. The summed E-state index contributed by atoms with van der Waals surface area (Å²) in [5.41, 5.74) is 0.621. The van der Waals surface area contributed by atoms with Crippen LogP contribution in [0.1, 0.15) is 23.7 Å². The second kappa shape index (κ2) is 7.31. The van der Waals surface area contributed by atoms with Crippen LogP contribution in [0.3, 0.4) is 0 Å². The first kappa shape index (κ1) is 15.6. The Bertz CT molecular complexity index is 460. The number of ether oxygens (including phenoxy) is 2. The lowest BCUT2D eigenvalue weighted by Crippen LogP contribution is -2.48. The van der Waals surface area contributed by atoms with Crippen molar-refractivity contribution in [2.24, 2.45) is 0 Å². The molecule has 21 heavy (non-hydrogen) atoms. The van der Waals surface area contributed by atoms with Crippen LogP contribution in [-0.4, -0.2) is 62.7 Å². The van der Waals surface area contributed by atoms with E-state index < -0.39 is 0 Å². The van der Waals surface area contributed by atoms with Crippen molar-refractivity contribution in [1.29, 1.82) is 0 Å². The molecule has 1 aromatic rings. The summed E-state index contributed by atoms with van der Waals surface area (Å²) in [6, 6.07) is 5.31. The Balaban J connectivity index is 2.06. The van der Waals surface area contributed by atoms with Crippen molar-refractivity contribution in [2.75, 3.05) is 46.9 Å². The smallest absolute Gasteiger partial charge is 0.254 e. The van der Waals surface area contributed by atoms with Gasteiger partial charge >= 0.3 is 0 Å². The zero-order valence-electron chi connectivity index (χ0n) is 13.1. The summed E-state index contributed by atoms with van der Waals surface area (Å²) in [7, 11) is 3.18. The molecule has 0 spiro atoms. The fourth-order valence-corrected chi connectivity index (χ4v) is 2.60. The minimum Gasteiger partial charge on any atom is -0.497 e. The van der Waals surface area contributed by atoms with E-state index in [0.717, 1.165) is 39.1 Å². The molecule has 5 nitrogen and oxygen atoms in total. The van der Waals surface area contributed by atoms with Crippen LogP contribution in [0.5, 0.6) is 11.5 Å². The lowest BCUT2D eigenvalue weighted by atomic mass is 10.1. The van der Waals surface area contributed by atoms with Gasteiger partial charge in [-0.25, -0.2) is 0 Å². The van der Waals surface area contributed by atoms with Gasteiger partial charge in [-0.15, -0.1) is 0 Å². The summed E-state index contributed by atoms with van der Waals surface area (Å²) < 4.78 is 10.4. The van der Waals surface area contributed by atoms with Crippen LogP contribution in [0.4, 0.5) is 0 Å². The second-order valence-electron chi connectivity index (χ2n) is 5.24. The number of methoxy groups -OCH3 is 2. The lowest BCUT2D eigenvalue weighted by Gasteiger charge is -2.34. The van der Waals surface area contributed by atoms with Crippen LogP contribution in [-0.2, 0) is 0 Å². The number of hydrogen-bond donors (Lipinski definition) is 0. The van der Waals surface area contributed by atoms with Gasteiger partial charge in [0, 0.05) is 37.8 Å². The van der Waals surface area contributed by atoms with E-state index in [1.54, 1.807) is 32.4 Å². The second-order valence-corrected chi connectivity index (χ2v) is 5.24. The molecule has 1 aliphatic rings. The molecule has 0 N–H and O–H groups in total. The van der Waals surface area contributed by atoms with Crippen LogP contribution >= 0.6 is 0 Å². The average Bonchev–Trinajstić information content (AvgIpc) is 2.54. The van der Waals surface area contributed by atoms with Gasteiger partial charge in [0.25, 0.3) is 5.91 Å². The summed E-state index contributed by atoms with van der Waals surface area (Å²) in [5, 5.41) is 0. The molecule has 0 atom stereocenters. The van der Waals surface area contributed by atoms with Gasteiger partial charge in [0.1, 0.15) is 11.5 Å². The molecule has 5 heteroatoms. The van der Waals surface area contributed by atoms with Crippen molar-refractivity contribution in [3.05, 3.63) is 23.8 Å². The van der Waals surface area contributed by atoms with E-state index in [2.05, 4.69) is 11.8 Å². The Hall–Kier alpha value is -1.75. The molecule has 2 rings (SSSR count). The van der Waals surface area contributed by atoms with Crippen molar-refractivity contribution in [3.63, 3.8) is 0 Å². The summed E-state index contributed by atoms with van der Waals surface area (Å²) in [6.07, 6.45) is 1.15. The van der Waals surface area contributed by atoms with E-state index in [-0.39, 0.29) is 5.91 Å². The number of carbonyl (C=O) groups excluding carboxylic acids is 1. The first-order valence-corrected chi connectivity index (χ1v) is 7.42. The van der Waals surface area contributed by atoms with Gasteiger partial charge in [0.15, 0.2) is 0 Å². The number of amides is 1. The van der Waals surface area contributed by atoms with E-state index in [9.17, 15) is 4.79 Å². The quantitative estimate of drug-likeness (QED) is 0.831. The average molecular weight is 292 g/mol. The largest absolute Gasteiger partial charge is 0.497 e. The van der Waals surface area contributed by atoms with Gasteiger partial charge in [-0.2, -0.15) is 0 Å². The van der Waals surface area contributed by atoms with Crippen LogP contribution < -0.4 is 9.47 Å². The summed E-state index contributed by atoms with van der Waals surface area (Å²) in [4.78, 5) is 16.9. The number of nitrogens with zero attached hydrogens (tertiary/aromatic N) is 2. The van der Waals surface area contributed by atoms with Crippen molar-refractivity contribution in [2.45, 2.75) is 13.3 Å². The monoisotopic (exact) mass is 292 g/mol. The maximum Gasteiger partial charge on any atom is 0.254 e. The van der Waals surface area contributed by atoms with Crippen molar-refractivity contribution in [3.8, 4) is 11.5 Å². The third-order valence-electron chi connectivity index (χ3n) is 3.80. The molecule has 0 aliphatic carbocycles. The first-order chi connectivity index (χ1) is 10.2. The molecular weight excluding hydrogens is 268 g/mol. The highest BCUT2D eigenvalue weighted by atomic mass is 16.5. The zero-order valence-corrected chi connectivity index (χ0v) is 13.1. The molecule has 1 aliphatic heterocycles. The summed E-state index contributed by atoms with van der Waals surface area (Å²) in [6.45, 7) is 6.73. The van der Waals surface area contributed by atoms with E-state index in [1.807, 2.05) is 4.90 Å². The Morgan fingerprint density at radius 3 is 2.10 bits per heavy atom. The zero-order chi connectivity index (χ0) is 15.2. The molecule has 0 bridgehead atoms. The molecule has 1 amide bonds. The minimum absolute atomic E-state index is 0.0448. The molecule has 1 fully saturated rings. The van der Waals surface area contributed by atoms with Gasteiger partial charge in [-0.1, -0.05) is 6.92 Å². The van der Waals surface area contributed by atoms with Crippen LogP contribution in [0.25, 0.3) is 0 Å². The maximum absolute atomic E-state index is 12.6. The third kappa shape index (κ3) is 3.88. The molecule has 1 heterocycles.